The van der Waals surface area contributed by atoms with Crippen molar-refractivity contribution in [3.05, 3.63) is 20.8 Å². The Hall–Kier alpha value is -1.08. The lowest BCUT2D eigenvalue weighted by Gasteiger charge is -2.25. The molecule has 2 rings (SSSR count). The van der Waals surface area contributed by atoms with E-state index in [1.54, 1.807) is 30.3 Å². The normalized spacial score (nSPS) is 15.7. The van der Waals surface area contributed by atoms with Gasteiger partial charge in [-0.1, -0.05) is 12.8 Å². The second-order valence-electron chi connectivity index (χ2n) is 6.12. The number of nitrogens with zero attached hydrogens (tertiary/aromatic N) is 3. The maximum atomic E-state index is 11.8. The molecule has 5 nitrogen and oxygen atoms in total. The van der Waals surface area contributed by atoms with Crippen molar-refractivity contribution in [3.63, 3.8) is 0 Å². The number of thiophene rings is 1. The van der Waals surface area contributed by atoms with Gasteiger partial charge >= 0.3 is 0 Å². The lowest BCUT2D eigenvalue weighted by molar-refractivity contribution is -0.127. The molecule has 0 atom stereocenters. The average molecular weight is 401 g/mol. The maximum Gasteiger partial charge on any atom is 0.243 e. The maximum absolute atomic E-state index is 11.8. The van der Waals surface area contributed by atoms with Crippen LogP contribution >= 0.6 is 27.3 Å². The summed E-state index contributed by atoms with van der Waals surface area (Å²) in [5, 5.41) is 3.54. The zero-order valence-corrected chi connectivity index (χ0v) is 16.4. The van der Waals surface area contributed by atoms with Gasteiger partial charge in [0.15, 0.2) is 5.96 Å². The Bertz CT molecular complexity index is 552. The van der Waals surface area contributed by atoms with Gasteiger partial charge in [-0.2, -0.15) is 0 Å². The van der Waals surface area contributed by atoms with E-state index in [-0.39, 0.29) is 12.5 Å². The number of aliphatic imine (C=N–C) groups is 1. The van der Waals surface area contributed by atoms with Gasteiger partial charge in [-0.05, 0) is 40.9 Å². The van der Waals surface area contributed by atoms with Crippen molar-refractivity contribution in [2.75, 3.05) is 27.7 Å². The molecule has 1 aromatic heterocycles. The molecule has 1 aromatic rings. The van der Waals surface area contributed by atoms with Gasteiger partial charge < -0.3 is 15.1 Å². The molecule has 0 saturated heterocycles. The van der Waals surface area contributed by atoms with E-state index in [0.717, 1.165) is 16.3 Å². The topological polar surface area (TPSA) is 47.9 Å². The van der Waals surface area contributed by atoms with Crippen LogP contribution in [0.2, 0.25) is 0 Å². The van der Waals surface area contributed by atoms with Crippen molar-refractivity contribution in [1.82, 2.24) is 15.1 Å². The minimum Gasteiger partial charge on any atom is -0.353 e. The van der Waals surface area contributed by atoms with Gasteiger partial charge in [0.1, 0.15) is 6.54 Å². The Kier molecular flexibility index (Phi) is 6.89. The van der Waals surface area contributed by atoms with Crippen molar-refractivity contribution in [1.29, 1.82) is 0 Å². The summed E-state index contributed by atoms with van der Waals surface area (Å²) in [5.74, 6) is 0.833. The summed E-state index contributed by atoms with van der Waals surface area (Å²) in [6, 6.07) is 4.65. The van der Waals surface area contributed by atoms with Gasteiger partial charge in [0.05, 0.1) is 10.3 Å². The number of halogens is 1. The third kappa shape index (κ3) is 5.80. The Morgan fingerprint density at radius 2 is 2.04 bits per heavy atom. The number of rotatable bonds is 5. The number of likely N-dealkylation sites (N-methyl/N-ethyl adjacent to an activating group) is 1. The third-order valence-corrected chi connectivity index (χ3v) is 5.54. The second kappa shape index (κ2) is 8.68. The zero-order chi connectivity index (χ0) is 16.8. The van der Waals surface area contributed by atoms with Crippen molar-refractivity contribution in [3.8, 4) is 0 Å². The van der Waals surface area contributed by atoms with Crippen LogP contribution in [-0.4, -0.2) is 55.4 Å². The number of nitrogens with one attached hydrogen (secondary N) is 1. The summed E-state index contributed by atoms with van der Waals surface area (Å²) in [4.78, 5) is 21.3. The van der Waals surface area contributed by atoms with Crippen LogP contribution in [0.15, 0.2) is 20.9 Å². The molecule has 1 N–H and O–H groups in total. The summed E-state index contributed by atoms with van der Waals surface area (Å²) in [6.45, 7) is 0.964. The predicted molar refractivity (Wildman–Crippen MR) is 99.9 cm³/mol. The van der Waals surface area contributed by atoms with Crippen molar-refractivity contribution in [2.45, 2.75) is 38.3 Å². The molecule has 1 fully saturated rings. The van der Waals surface area contributed by atoms with E-state index in [4.69, 9.17) is 0 Å². The Morgan fingerprint density at radius 3 is 2.61 bits per heavy atom. The van der Waals surface area contributed by atoms with Gasteiger partial charge in [0.25, 0.3) is 0 Å². The first-order valence-corrected chi connectivity index (χ1v) is 9.53. The van der Waals surface area contributed by atoms with Gasteiger partial charge in [0, 0.05) is 32.1 Å². The van der Waals surface area contributed by atoms with Gasteiger partial charge in [-0.15, -0.1) is 11.3 Å². The largest absolute Gasteiger partial charge is 0.353 e. The fourth-order valence-corrected chi connectivity index (χ4v) is 4.10. The van der Waals surface area contributed by atoms with Crippen molar-refractivity contribution in [2.24, 2.45) is 4.99 Å². The highest BCUT2D eigenvalue weighted by atomic mass is 79.9. The van der Waals surface area contributed by atoms with Gasteiger partial charge in [-0.3, -0.25) is 4.79 Å². The molecule has 23 heavy (non-hydrogen) atoms. The molecular weight excluding hydrogens is 376 g/mol. The minimum absolute atomic E-state index is 0.0167. The summed E-state index contributed by atoms with van der Waals surface area (Å²) in [6.07, 6.45) is 4.89. The molecule has 7 heteroatoms. The van der Waals surface area contributed by atoms with Gasteiger partial charge in [0.2, 0.25) is 5.91 Å². The van der Waals surface area contributed by atoms with E-state index in [0.29, 0.717) is 6.04 Å². The lowest BCUT2D eigenvalue weighted by Crippen LogP contribution is -2.43. The van der Waals surface area contributed by atoms with Crippen LogP contribution in [0.25, 0.3) is 0 Å². The molecule has 128 valence electrons. The smallest absolute Gasteiger partial charge is 0.243 e. The van der Waals surface area contributed by atoms with Gasteiger partial charge in [-0.25, -0.2) is 4.99 Å². The van der Waals surface area contributed by atoms with E-state index >= 15 is 0 Å². The highest BCUT2D eigenvalue weighted by Gasteiger charge is 2.19. The van der Waals surface area contributed by atoms with E-state index in [1.165, 1.54) is 30.6 Å². The van der Waals surface area contributed by atoms with Crippen LogP contribution in [0.5, 0.6) is 0 Å². The first kappa shape index (κ1) is 18.3. The molecule has 0 bridgehead atoms. The monoisotopic (exact) mass is 400 g/mol. The van der Waals surface area contributed by atoms with Crippen LogP contribution in [0.3, 0.4) is 0 Å². The van der Waals surface area contributed by atoms with Crippen LogP contribution in [-0.2, 0) is 11.3 Å². The third-order valence-electron chi connectivity index (χ3n) is 3.93. The number of guanidine groups is 1. The molecule has 1 aliphatic rings. The molecule has 1 amide bonds. The summed E-state index contributed by atoms with van der Waals surface area (Å²) in [7, 11) is 5.54. The Balaban J connectivity index is 2.04. The molecule has 0 aromatic carbocycles. The molecule has 1 heterocycles. The number of carbonyl (C=O) groups excluding carboxylic acids is 1. The highest BCUT2D eigenvalue weighted by Crippen LogP contribution is 2.23. The number of hydrogen-bond acceptors (Lipinski definition) is 3. The minimum atomic E-state index is 0.0167. The SMILES string of the molecule is CN(C)C(=O)CN=C(NC1CCCC1)N(C)Cc1ccc(Br)s1. The molecule has 0 spiro atoms. The first-order chi connectivity index (χ1) is 11.0. The molecule has 1 aliphatic carbocycles. The number of carbonyl (C=O) groups is 1. The van der Waals surface area contributed by atoms with Crippen LogP contribution < -0.4 is 5.32 Å². The number of amides is 1. The molecular formula is C16H25BrN4OS. The van der Waals surface area contributed by atoms with Crippen LogP contribution in [0.1, 0.15) is 30.6 Å². The molecule has 0 aliphatic heterocycles. The second-order valence-corrected chi connectivity index (χ2v) is 8.66. The van der Waals surface area contributed by atoms with Crippen LogP contribution in [0.4, 0.5) is 0 Å². The van der Waals surface area contributed by atoms with E-state index < -0.39 is 0 Å². The molecule has 0 unspecified atom stereocenters. The fourth-order valence-electron chi connectivity index (χ4n) is 2.56. The predicted octanol–water partition coefficient (Wildman–Crippen LogP) is 2.92. The molecule has 0 radical (unpaired) electrons. The number of hydrogen-bond donors (Lipinski definition) is 1. The summed E-state index contributed by atoms with van der Waals surface area (Å²) >= 11 is 5.22. The van der Waals surface area contributed by atoms with E-state index in [1.807, 2.05) is 7.05 Å². The summed E-state index contributed by atoms with van der Waals surface area (Å²) < 4.78 is 1.13. The Morgan fingerprint density at radius 1 is 1.35 bits per heavy atom. The standard InChI is InChI=1S/C16H25BrN4OS/c1-20(2)15(22)10-18-16(19-12-6-4-5-7-12)21(3)11-13-8-9-14(17)23-13/h8-9,12H,4-7,10-11H2,1-3H3,(H,18,19). The quantitative estimate of drug-likeness (QED) is 0.610. The van der Waals surface area contributed by atoms with E-state index in [2.05, 4.69) is 43.3 Å². The average Bonchev–Trinajstić information content (AvgIpc) is 3.14. The Labute approximate surface area is 150 Å². The lowest BCUT2D eigenvalue weighted by atomic mass is 10.2. The zero-order valence-electron chi connectivity index (χ0n) is 14.0. The van der Waals surface area contributed by atoms with Crippen molar-refractivity contribution < 1.29 is 4.79 Å². The molecule has 1 saturated carbocycles. The van der Waals surface area contributed by atoms with E-state index in [9.17, 15) is 4.79 Å². The highest BCUT2D eigenvalue weighted by molar-refractivity contribution is 9.11. The summed E-state index contributed by atoms with van der Waals surface area (Å²) in [5.41, 5.74) is 0. The van der Waals surface area contributed by atoms with Crippen LogP contribution in [0, 0.1) is 0 Å². The van der Waals surface area contributed by atoms with Crippen molar-refractivity contribution >= 4 is 39.1 Å². The first-order valence-electron chi connectivity index (χ1n) is 7.92. The fraction of sp³-hybridized carbons (Fsp3) is 0.625.